The highest BCUT2D eigenvalue weighted by molar-refractivity contribution is 6.06. The number of para-hydroxylation sites is 1. The van der Waals surface area contributed by atoms with Crippen LogP contribution in [0.15, 0.2) is 77.6 Å². The Labute approximate surface area is 174 Å². The SMILES string of the molecule is CCn1c(=O)c(C)nc2cc(C(=O)Nc3ccc(Nc4ccccc4)cc3)ccc21. The summed E-state index contributed by atoms with van der Waals surface area (Å²) >= 11 is 0. The van der Waals surface area contributed by atoms with Crippen LogP contribution < -0.4 is 16.2 Å². The van der Waals surface area contributed by atoms with Crippen molar-refractivity contribution in [3.63, 3.8) is 0 Å². The van der Waals surface area contributed by atoms with Crippen LogP contribution in [0.3, 0.4) is 0 Å². The Kier molecular flexibility index (Phi) is 5.30. The molecule has 0 radical (unpaired) electrons. The monoisotopic (exact) mass is 398 g/mol. The molecule has 0 saturated heterocycles. The molecule has 30 heavy (non-hydrogen) atoms. The summed E-state index contributed by atoms with van der Waals surface area (Å²) in [5.74, 6) is -0.227. The number of rotatable bonds is 5. The molecule has 6 heteroatoms. The van der Waals surface area contributed by atoms with Crippen molar-refractivity contribution in [1.82, 2.24) is 9.55 Å². The normalized spacial score (nSPS) is 10.7. The Balaban J connectivity index is 1.53. The van der Waals surface area contributed by atoms with Crippen molar-refractivity contribution < 1.29 is 4.79 Å². The lowest BCUT2D eigenvalue weighted by atomic mass is 10.1. The highest BCUT2D eigenvalue weighted by Gasteiger charge is 2.11. The molecule has 0 aliphatic heterocycles. The van der Waals surface area contributed by atoms with Gasteiger partial charge in [0.05, 0.1) is 11.0 Å². The summed E-state index contributed by atoms with van der Waals surface area (Å²) in [6.45, 7) is 4.15. The second kappa shape index (κ2) is 8.21. The van der Waals surface area contributed by atoms with Crippen molar-refractivity contribution in [2.24, 2.45) is 0 Å². The molecule has 0 unspecified atom stereocenters. The molecule has 2 N–H and O–H groups in total. The van der Waals surface area contributed by atoms with Gasteiger partial charge in [-0.05, 0) is 68.4 Å². The number of nitrogens with zero attached hydrogens (tertiary/aromatic N) is 2. The van der Waals surface area contributed by atoms with E-state index in [1.165, 1.54) is 0 Å². The van der Waals surface area contributed by atoms with Crippen molar-refractivity contribution in [2.75, 3.05) is 10.6 Å². The van der Waals surface area contributed by atoms with Gasteiger partial charge in [-0.15, -0.1) is 0 Å². The summed E-state index contributed by atoms with van der Waals surface area (Å²) in [5.41, 5.74) is 4.78. The zero-order valence-corrected chi connectivity index (χ0v) is 16.8. The minimum Gasteiger partial charge on any atom is -0.356 e. The molecule has 3 aromatic carbocycles. The number of fused-ring (bicyclic) bond motifs is 1. The Morgan fingerprint density at radius 3 is 2.30 bits per heavy atom. The number of aryl methyl sites for hydroxylation is 2. The Hall–Kier alpha value is -3.93. The molecule has 0 aliphatic rings. The fourth-order valence-corrected chi connectivity index (χ4v) is 3.36. The molecular weight excluding hydrogens is 376 g/mol. The first kappa shape index (κ1) is 19.4. The molecule has 4 aromatic rings. The van der Waals surface area contributed by atoms with E-state index >= 15 is 0 Å². The maximum atomic E-state index is 12.7. The molecule has 1 heterocycles. The van der Waals surface area contributed by atoms with Crippen LogP contribution in [-0.2, 0) is 6.54 Å². The van der Waals surface area contributed by atoms with Crippen molar-refractivity contribution in [2.45, 2.75) is 20.4 Å². The summed E-state index contributed by atoms with van der Waals surface area (Å²) in [6, 6.07) is 22.6. The maximum absolute atomic E-state index is 12.7. The van der Waals surface area contributed by atoms with E-state index < -0.39 is 0 Å². The molecule has 1 aromatic heterocycles. The van der Waals surface area contributed by atoms with Gasteiger partial charge in [-0.3, -0.25) is 9.59 Å². The van der Waals surface area contributed by atoms with Gasteiger partial charge in [0.1, 0.15) is 5.69 Å². The average Bonchev–Trinajstić information content (AvgIpc) is 2.76. The number of nitrogens with one attached hydrogen (secondary N) is 2. The topological polar surface area (TPSA) is 76.0 Å². The van der Waals surface area contributed by atoms with E-state index in [9.17, 15) is 9.59 Å². The van der Waals surface area contributed by atoms with E-state index in [1.54, 1.807) is 29.7 Å². The quantitative estimate of drug-likeness (QED) is 0.510. The van der Waals surface area contributed by atoms with Gasteiger partial charge in [0.2, 0.25) is 0 Å². The molecule has 0 saturated carbocycles. The van der Waals surface area contributed by atoms with Crippen LogP contribution in [0.1, 0.15) is 23.0 Å². The van der Waals surface area contributed by atoms with Gasteiger partial charge in [-0.25, -0.2) is 4.98 Å². The summed E-state index contributed by atoms with van der Waals surface area (Å²) in [4.78, 5) is 29.3. The third-order valence-corrected chi connectivity index (χ3v) is 4.89. The Morgan fingerprint density at radius 1 is 0.933 bits per heavy atom. The lowest BCUT2D eigenvalue weighted by molar-refractivity contribution is 0.102. The second-order valence-corrected chi connectivity index (χ2v) is 6.97. The fraction of sp³-hybridized carbons (Fsp3) is 0.125. The highest BCUT2D eigenvalue weighted by Crippen LogP contribution is 2.20. The number of benzene rings is 3. The molecule has 0 aliphatic carbocycles. The van der Waals surface area contributed by atoms with Crippen LogP contribution in [-0.4, -0.2) is 15.5 Å². The van der Waals surface area contributed by atoms with Crippen LogP contribution in [0.4, 0.5) is 17.1 Å². The second-order valence-electron chi connectivity index (χ2n) is 6.97. The van der Waals surface area contributed by atoms with Crippen molar-refractivity contribution in [3.8, 4) is 0 Å². The summed E-state index contributed by atoms with van der Waals surface area (Å²) in [7, 11) is 0. The van der Waals surface area contributed by atoms with Crippen LogP contribution in [0.5, 0.6) is 0 Å². The van der Waals surface area contributed by atoms with E-state index in [4.69, 9.17) is 0 Å². The molecule has 0 spiro atoms. The number of amides is 1. The smallest absolute Gasteiger partial charge is 0.272 e. The van der Waals surface area contributed by atoms with Crippen LogP contribution in [0.2, 0.25) is 0 Å². The molecule has 6 nitrogen and oxygen atoms in total. The van der Waals surface area contributed by atoms with E-state index in [1.807, 2.05) is 61.5 Å². The average molecular weight is 398 g/mol. The Morgan fingerprint density at radius 2 is 1.60 bits per heavy atom. The molecule has 1 amide bonds. The summed E-state index contributed by atoms with van der Waals surface area (Å²) in [5, 5.41) is 6.21. The van der Waals surface area contributed by atoms with Crippen LogP contribution in [0.25, 0.3) is 11.0 Å². The predicted molar refractivity (Wildman–Crippen MR) is 121 cm³/mol. The minimum absolute atomic E-state index is 0.105. The summed E-state index contributed by atoms with van der Waals surface area (Å²) < 4.78 is 1.66. The maximum Gasteiger partial charge on any atom is 0.272 e. The highest BCUT2D eigenvalue weighted by atomic mass is 16.1. The fourth-order valence-electron chi connectivity index (χ4n) is 3.36. The number of carbonyl (C=O) groups excluding carboxylic acids is 1. The summed E-state index contributed by atoms with van der Waals surface area (Å²) in [6.07, 6.45) is 0. The first-order chi connectivity index (χ1) is 14.5. The van der Waals surface area contributed by atoms with Gasteiger partial charge in [-0.2, -0.15) is 0 Å². The molecule has 0 fully saturated rings. The molecular formula is C24H22N4O2. The largest absolute Gasteiger partial charge is 0.356 e. The molecule has 0 atom stereocenters. The van der Waals surface area contributed by atoms with Crippen LogP contribution >= 0.6 is 0 Å². The van der Waals surface area contributed by atoms with Gasteiger partial charge in [0.15, 0.2) is 0 Å². The molecule has 150 valence electrons. The lowest BCUT2D eigenvalue weighted by Gasteiger charge is -2.11. The van der Waals surface area contributed by atoms with Gasteiger partial charge >= 0.3 is 0 Å². The minimum atomic E-state index is -0.227. The lowest BCUT2D eigenvalue weighted by Crippen LogP contribution is -2.23. The first-order valence-electron chi connectivity index (χ1n) is 9.80. The number of hydrogen-bond acceptors (Lipinski definition) is 4. The number of anilines is 3. The number of hydrogen-bond donors (Lipinski definition) is 2. The van der Waals surface area contributed by atoms with Crippen molar-refractivity contribution in [3.05, 3.63) is 94.4 Å². The first-order valence-corrected chi connectivity index (χ1v) is 9.80. The zero-order chi connectivity index (χ0) is 21.1. The van der Waals surface area contributed by atoms with Gasteiger partial charge in [0, 0.05) is 29.2 Å². The van der Waals surface area contributed by atoms with Crippen molar-refractivity contribution in [1.29, 1.82) is 0 Å². The van der Waals surface area contributed by atoms with E-state index in [-0.39, 0.29) is 11.5 Å². The van der Waals surface area contributed by atoms with Gasteiger partial charge in [0.25, 0.3) is 11.5 Å². The van der Waals surface area contributed by atoms with E-state index in [0.717, 1.165) is 16.9 Å². The molecule has 4 rings (SSSR count). The van der Waals surface area contributed by atoms with Crippen molar-refractivity contribution >= 4 is 34.0 Å². The Bertz CT molecular complexity index is 1260. The molecule has 0 bridgehead atoms. The van der Waals surface area contributed by atoms with E-state index in [0.29, 0.717) is 29.0 Å². The predicted octanol–water partition coefficient (Wildman–Crippen LogP) is 4.72. The van der Waals surface area contributed by atoms with Gasteiger partial charge in [-0.1, -0.05) is 18.2 Å². The standard InChI is InChI=1S/C24H22N4O2/c1-3-28-22-14-9-17(15-21(22)25-16(2)24(28)30)23(29)27-20-12-10-19(11-13-20)26-18-7-5-4-6-8-18/h4-15,26H,3H2,1-2H3,(H,27,29). The third kappa shape index (κ3) is 3.93. The number of aromatic nitrogens is 2. The van der Waals surface area contributed by atoms with Gasteiger partial charge < -0.3 is 15.2 Å². The zero-order valence-electron chi connectivity index (χ0n) is 16.8. The van der Waals surface area contributed by atoms with Crippen LogP contribution in [0, 0.1) is 6.92 Å². The third-order valence-electron chi connectivity index (χ3n) is 4.89. The number of carbonyl (C=O) groups is 1. The van der Waals surface area contributed by atoms with E-state index in [2.05, 4.69) is 15.6 Å².